The van der Waals surface area contributed by atoms with Crippen LogP contribution in [0, 0.1) is 67.6 Å². The number of nitrogens with two attached hydrogens (primary N) is 1. The smallest absolute Gasteiger partial charge is 0.303 e. The molecule has 0 aliphatic carbocycles. The predicted octanol–water partition coefficient (Wildman–Crippen LogP) is 7.70. The van der Waals surface area contributed by atoms with Crippen molar-refractivity contribution in [1.29, 1.82) is 11.9 Å². The first-order chi connectivity index (χ1) is 31.7. The summed E-state index contributed by atoms with van der Waals surface area (Å²) >= 11 is 0. The van der Waals surface area contributed by atoms with E-state index in [-0.39, 0.29) is 50.0 Å². The van der Waals surface area contributed by atoms with Crippen LogP contribution in [0.5, 0.6) is 23.0 Å². The maximum absolute atomic E-state index is 12.0. The van der Waals surface area contributed by atoms with Crippen molar-refractivity contribution >= 4 is 64.8 Å². The number of ether oxygens (including phenoxy) is 4. The molecule has 1 aliphatic heterocycles. The van der Waals surface area contributed by atoms with E-state index < -0.39 is 5.97 Å². The van der Waals surface area contributed by atoms with E-state index in [1.54, 1.807) is 12.3 Å². The fourth-order valence-electron chi connectivity index (χ4n) is 6.71. The van der Waals surface area contributed by atoms with Crippen molar-refractivity contribution in [1.82, 2.24) is 15.3 Å². The molecule has 1 amide bonds. The Kier molecular flexibility index (Phi) is 19.6. The molecular formula is C48H51BN8O7U. The second-order valence-corrected chi connectivity index (χ2v) is 14.7. The van der Waals surface area contributed by atoms with Crippen molar-refractivity contribution in [3.8, 4) is 35.1 Å². The Morgan fingerprint density at radius 2 is 1.54 bits per heavy atom. The summed E-state index contributed by atoms with van der Waals surface area (Å²) in [5.74, 6) is 1.82. The second kappa shape index (κ2) is 25.7. The Balaban J connectivity index is 0.000000274. The van der Waals surface area contributed by atoms with Gasteiger partial charge in [-0.1, -0.05) is 24.3 Å². The molecule has 2 bridgehead atoms. The summed E-state index contributed by atoms with van der Waals surface area (Å²) in [6.07, 6.45) is 6.00. The van der Waals surface area contributed by atoms with Gasteiger partial charge in [-0.05, 0) is 107 Å². The fourth-order valence-corrected chi connectivity index (χ4v) is 6.71. The van der Waals surface area contributed by atoms with E-state index >= 15 is 0 Å². The number of aliphatic carboxylic acids is 1. The van der Waals surface area contributed by atoms with Crippen molar-refractivity contribution in [2.24, 2.45) is 5.73 Å². The molecule has 7 rings (SSSR count). The van der Waals surface area contributed by atoms with Crippen LogP contribution in [0.3, 0.4) is 0 Å². The molecule has 1 aliphatic rings. The number of hydrogen-bond donors (Lipinski definition) is 5. The number of amides is 1. The van der Waals surface area contributed by atoms with E-state index in [1.807, 2.05) is 80.6 Å². The predicted molar refractivity (Wildman–Crippen MR) is 248 cm³/mol. The van der Waals surface area contributed by atoms with Crippen LogP contribution in [0.1, 0.15) is 60.8 Å². The molecule has 15 nitrogen and oxygen atoms in total. The third-order valence-corrected chi connectivity index (χ3v) is 9.97. The summed E-state index contributed by atoms with van der Waals surface area (Å²) in [7, 11) is 3.75. The third-order valence-electron chi connectivity index (χ3n) is 9.97. The SMILES string of the molecule is Cc1cc2ncc(C#N)c(Nc3ccccc3OCCCC(=O)O)c2cc1OCCCN.Cc1cc2ncc(C#N)c3c2cc1OCCCNC(=O)CCCOc1ccccc1N3.[3H][B].[U]. The monoisotopic (exact) mass is 1100 g/mol. The van der Waals surface area contributed by atoms with E-state index in [1.165, 1.54) is 6.20 Å². The molecule has 0 atom stereocenters. The number of carboxylic acid groups (broad SMARTS) is 1. The van der Waals surface area contributed by atoms with Crippen LogP contribution in [0.2, 0.25) is 0 Å². The molecular weight excluding hydrogens is 1050 g/mol. The zero-order valence-electron chi connectivity index (χ0n) is 37.4. The maximum Gasteiger partial charge on any atom is 0.303 e. The number of benzene rings is 4. The summed E-state index contributed by atoms with van der Waals surface area (Å²) in [4.78, 5) is 31.6. The minimum absolute atomic E-state index is 0. The number of carbonyl (C=O) groups is 2. The zero-order valence-corrected chi connectivity index (χ0v) is 40.6. The number of anilines is 4. The van der Waals surface area contributed by atoms with Gasteiger partial charge in [-0.15, -0.1) is 0 Å². The molecule has 0 saturated carbocycles. The summed E-state index contributed by atoms with van der Waals surface area (Å²) in [6, 6.07) is 27.0. The summed E-state index contributed by atoms with van der Waals surface area (Å²) < 4.78 is 28.9. The van der Waals surface area contributed by atoms with E-state index in [0.717, 1.165) is 50.8 Å². The van der Waals surface area contributed by atoms with Crippen LogP contribution in [0.15, 0.2) is 85.2 Å². The van der Waals surface area contributed by atoms with Crippen LogP contribution >= 0.6 is 0 Å². The number of carboxylic acids is 1. The molecule has 0 fully saturated rings. The summed E-state index contributed by atoms with van der Waals surface area (Å²) in [5, 5.41) is 39.3. The molecule has 0 unspecified atom stereocenters. The molecule has 2 aromatic heterocycles. The Labute approximate surface area is 405 Å². The van der Waals surface area contributed by atoms with E-state index in [9.17, 15) is 20.1 Å². The fraction of sp³-hybridized carbons (Fsp3) is 0.292. The summed E-state index contributed by atoms with van der Waals surface area (Å²) in [6.45, 7) is 6.69. The molecule has 0 spiro atoms. The van der Waals surface area contributed by atoms with Gasteiger partial charge in [0.1, 0.15) is 35.1 Å². The van der Waals surface area contributed by atoms with Gasteiger partial charge in [-0.3, -0.25) is 19.6 Å². The van der Waals surface area contributed by atoms with Crippen LogP contribution in [0.4, 0.5) is 22.7 Å². The first kappa shape index (κ1) is 49.5. The van der Waals surface area contributed by atoms with Crippen molar-refractivity contribution in [3.05, 3.63) is 107 Å². The standard InChI is InChI=1S/C24H26N4O4.C24H24N4O3.BH.U/c1-16-12-20-18(13-22(16)32-11-5-9-25)24(17(14-26)15-27-20)28-19-6-2-3-7-21(19)31-10-4-8-23(29)30;1-16-12-20-18-13-22(16)31-11-5-9-26-23(29)8-4-10-30-21-7-3-2-6-19(21)28-24(18)17(14-25)15-27-20;;/h2-3,6-7,12-13,15H,4-5,8-11,25H2,1H3,(H,27,28)(H,29,30);2-3,6-7,12-13,15,28H,4-5,8-11H2,1H3,(H,26,29);1H;/i;;1T;. The number of carbonyl (C=O) groups excluding carboxylic acids is 1. The van der Waals surface area contributed by atoms with Gasteiger partial charge in [-0.25, -0.2) is 0 Å². The number of fused-ring (bicyclic) bond motifs is 3. The van der Waals surface area contributed by atoms with Crippen LogP contribution < -0.4 is 40.6 Å². The molecule has 6 N–H and O–H groups in total. The Morgan fingerprint density at radius 1 is 0.877 bits per heavy atom. The molecule has 0 saturated heterocycles. The van der Waals surface area contributed by atoms with Crippen molar-refractivity contribution in [3.63, 3.8) is 0 Å². The molecule has 17 heteroatoms. The van der Waals surface area contributed by atoms with Gasteiger partial charge in [0.2, 0.25) is 5.91 Å². The molecule has 65 heavy (non-hydrogen) atoms. The third kappa shape index (κ3) is 14.0. The number of nitriles is 2. The van der Waals surface area contributed by atoms with Gasteiger partial charge in [0.05, 0.1) is 71.3 Å². The molecule has 2 radical (unpaired) electrons. The first-order valence-electron chi connectivity index (χ1n) is 21.4. The number of pyridine rings is 2. The normalized spacial score (nSPS) is 12.4. The van der Waals surface area contributed by atoms with Gasteiger partial charge in [-0.2, -0.15) is 10.5 Å². The first-order valence-corrected chi connectivity index (χ1v) is 20.8. The number of nitrogens with zero attached hydrogens (tertiary/aromatic N) is 4. The largest absolute Gasteiger partial charge is 0.493 e. The topological polar surface area (TPSA) is 227 Å². The van der Waals surface area contributed by atoms with E-state index in [0.29, 0.717) is 104 Å². The van der Waals surface area contributed by atoms with Crippen LogP contribution in [-0.2, 0) is 9.59 Å². The number of nitrogens with one attached hydrogen (secondary N) is 3. The van der Waals surface area contributed by atoms with Gasteiger partial charge in [0, 0.05) is 82.0 Å². The minimum Gasteiger partial charge on any atom is -0.493 e. The molecule has 332 valence electrons. The zero-order chi connectivity index (χ0) is 46.6. The van der Waals surface area contributed by atoms with Gasteiger partial charge < -0.3 is 45.7 Å². The van der Waals surface area contributed by atoms with Gasteiger partial charge >= 0.3 is 5.97 Å². The van der Waals surface area contributed by atoms with Crippen molar-refractivity contribution < 1.29 is 64.8 Å². The number of hydrogen-bond acceptors (Lipinski definition) is 13. The average Bonchev–Trinajstić information content (AvgIpc) is 3.31. The Morgan fingerprint density at radius 3 is 2.31 bits per heavy atom. The van der Waals surface area contributed by atoms with Gasteiger partial charge in [0.25, 0.3) is 0 Å². The quantitative estimate of drug-likeness (QED) is 0.0619. The van der Waals surface area contributed by atoms with E-state index in [4.69, 9.17) is 31.1 Å². The molecule has 4 aromatic carbocycles. The van der Waals surface area contributed by atoms with Crippen LogP contribution in [0.25, 0.3) is 21.8 Å². The number of para-hydroxylation sites is 4. The summed E-state index contributed by atoms with van der Waals surface area (Å²) in [5.41, 5.74) is 12.5. The number of rotatable bonds is 11. The number of aryl methyl sites for hydroxylation is 2. The second-order valence-electron chi connectivity index (χ2n) is 14.7. The minimum atomic E-state index is -0.860. The van der Waals surface area contributed by atoms with Crippen molar-refractivity contribution in [2.75, 3.05) is 50.2 Å². The van der Waals surface area contributed by atoms with Crippen LogP contribution in [-0.4, -0.2) is 76.2 Å². The van der Waals surface area contributed by atoms with E-state index in [2.05, 4.69) is 46.4 Å². The maximum atomic E-state index is 12.0. The molecule has 6 aromatic rings. The molecule has 3 heterocycles. The van der Waals surface area contributed by atoms with Crippen molar-refractivity contribution in [2.45, 2.75) is 52.4 Å². The number of aromatic nitrogens is 2. The Bertz CT molecular complexity index is 2680. The average molecular weight is 1100 g/mol. The van der Waals surface area contributed by atoms with Gasteiger partial charge in [0.15, 0.2) is 0 Å². The Hall–Kier alpha value is -6.50.